The standard InChI is InChI=1S/C19H17N3O6S3/c1-12-2-5-14(22(24)25)11-17(12)31(26,27)28-15-6-3-13(4-7-15)10-16-18(23)21(9-8-20)19(29)30-16/h2-7,10-11H,8-9,20H2,1H3/b16-10-. The molecule has 12 heteroatoms. The van der Waals surface area contributed by atoms with E-state index in [0.717, 1.165) is 17.8 Å². The Kier molecular flexibility index (Phi) is 6.74. The number of aryl methyl sites for hydroxylation is 1. The van der Waals surface area contributed by atoms with E-state index in [1.165, 1.54) is 36.1 Å². The van der Waals surface area contributed by atoms with Crippen molar-refractivity contribution in [3.8, 4) is 5.75 Å². The Morgan fingerprint density at radius 1 is 1.26 bits per heavy atom. The second-order valence-electron chi connectivity index (χ2n) is 6.44. The lowest BCUT2D eigenvalue weighted by atomic mass is 10.2. The molecule has 31 heavy (non-hydrogen) atoms. The number of thiocarbonyl (C=S) groups is 1. The number of amides is 1. The number of benzene rings is 2. The lowest BCUT2D eigenvalue weighted by Gasteiger charge is -2.11. The number of non-ortho nitro benzene ring substituents is 1. The molecule has 2 N–H and O–H groups in total. The SMILES string of the molecule is Cc1ccc([N+](=O)[O-])cc1S(=O)(=O)Oc1ccc(/C=C2\SC(=S)N(CCN)C2=O)cc1. The summed E-state index contributed by atoms with van der Waals surface area (Å²) in [5.41, 5.74) is 6.11. The van der Waals surface area contributed by atoms with E-state index < -0.39 is 15.0 Å². The van der Waals surface area contributed by atoms with Crippen LogP contribution >= 0.6 is 24.0 Å². The highest BCUT2D eigenvalue weighted by Gasteiger charge is 2.31. The third kappa shape index (κ3) is 5.10. The molecule has 0 bridgehead atoms. The lowest BCUT2D eigenvalue weighted by Crippen LogP contribution is -2.32. The van der Waals surface area contributed by atoms with E-state index in [1.807, 2.05) is 0 Å². The Labute approximate surface area is 188 Å². The first-order valence-corrected chi connectivity index (χ1v) is 11.5. The van der Waals surface area contributed by atoms with Crippen molar-refractivity contribution in [3.05, 3.63) is 68.6 Å². The maximum Gasteiger partial charge on any atom is 0.339 e. The monoisotopic (exact) mass is 479 g/mol. The van der Waals surface area contributed by atoms with Crippen molar-refractivity contribution in [1.29, 1.82) is 0 Å². The summed E-state index contributed by atoms with van der Waals surface area (Å²) in [7, 11) is -4.28. The number of hydrogen-bond acceptors (Lipinski definition) is 9. The molecule has 0 aliphatic carbocycles. The van der Waals surface area contributed by atoms with Crippen LogP contribution in [0.3, 0.4) is 0 Å². The molecule has 3 rings (SSSR count). The number of nitro benzene ring substituents is 1. The fraction of sp³-hybridized carbons (Fsp3) is 0.158. The fourth-order valence-electron chi connectivity index (χ4n) is 2.74. The van der Waals surface area contributed by atoms with E-state index in [4.69, 9.17) is 22.1 Å². The molecule has 9 nitrogen and oxygen atoms in total. The minimum absolute atomic E-state index is 0.0266. The summed E-state index contributed by atoms with van der Waals surface area (Å²) in [6.45, 7) is 2.15. The largest absolute Gasteiger partial charge is 0.379 e. The first-order valence-electron chi connectivity index (χ1n) is 8.87. The Morgan fingerprint density at radius 3 is 2.55 bits per heavy atom. The van der Waals surface area contributed by atoms with Crippen LogP contribution in [0.2, 0.25) is 0 Å². The lowest BCUT2D eigenvalue weighted by molar-refractivity contribution is -0.385. The van der Waals surface area contributed by atoms with Crippen molar-refractivity contribution >= 4 is 56.1 Å². The van der Waals surface area contributed by atoms with Crippen molar-refractivity contribution in [3.63, 3.8) is 0 Å². The van der Waals surface area contributed by atoms with Crippen LogP contribution < -0.4 is 9.92 Å². The van der Waals surface area contributed by atoms with Crippen molar-refractivity contribution in [1.82, 2.24) is 4.90 Å². The van der Waals surface area contributed by atoms with Gasteiger partial charge in [-0.15, -0.1) is 0 Å². The summed E-state index contributed by atoms with van der Waals surface area (Å²) in [5.74, 6) is -0.205. The molecule has 0 spiro atoms. The Morgan fingerprint density at radius 2 is 1.94 bits per heavy atom. The summed E-state index contributed by atoms with van der Waals surface area (Å²) >= 11 is 6.35. The second kappa shape index (κ2) is 9.14. The minimum Gasteiger partial charge on any atom is -0.379 e. The number of nitro groups is 1. The van der Waals surface area contributed by atoms with Gasteiger partial charge in [0, 0.05) is 25.2 Å². The van der Waals surface area contributed by atoms with E-state index in [0.29, 0.717) is 33.4 Å². The molecule has 1 aliphatic heterocycles. The molecule has 1 heterocycles. The van der Waals surface area contributed by atoms with Crippen LogP contribution in [-0.2, 0) is 14.9 Å². The number of carbonyl (C=O) groups is 1. The van der Waals surface area contributed by atoms with E-state index in [9.17, 15) is 23.3 Å². The van der Waals surface area contributed by atoms with E-state index in [-0.39, 0.29) is 22.2 Å². The Bertz CT molecular complexity index is 1190. The summed E-state index contributed by atoms with van der Waals surface area (Å²) in [4.78, 5) is 24.2. The average molecular weight is 480 g/mol. The molecule has 162 valence electrons. The number of hydrogen-bond donors (Lipinski definition) is 1. The first-order chi connectivity index (χ1) is 14.6. The first kappa shape index (κ1) is 22.9. The molecular weight excluding hydrogens is 462 g/mol. The summed E-state index contributed by atoms with van der Waals surface area (Å²) < 4.78 is 30.8. The molecule has 2 aromatic rings. The van der Waals surface area contributed by atoms with Gasteiger partial charge in [-0.3, -0.25) is 19.8 Å². The predicted molar refractivity (Wildman–Crippen MR) is 121 cm³/mol. The van der Waals surface area contributed by atoms with Gasteiger partial charge < -0.3 is 9.92 Å². The van der Waals surface area contributed by atoms with Crippen LogP contribution in [-0.4, -0.2) is 41.6 Å². The second-order valence-corrected chi connectivity index (χ2v) is 9.63. The quantitative estimate of drug-likeness (QED) is 0.209. The maximum absolute atomic E-state index is 12.6. The van der Waals surface area contributed by atoms with Crippen LogP contribution in [0.1, 0.15) is 11.1 Å². The highest BCUT2D eigenvalue weighted by molar-refractivity contribution is 8.26. The number of thioether (sulfide) groups is 1. The van der Waals surface area contributed by atoms with Crippen LogP contribution in [0, 0.1) is 17.0 Å². The van der Waals surface area contributed by atoms with Crippen LogP contribution in [0.4, 0.5) is 5.69 Å². The zero-order valence-electron chi connectivity index (χ0n) is 16.2. The zero-order chi connectivity index (χ0) is 22.8. The highest BCUT2D eigenvalue weighted by atomic mass is 32.2. The molecular formula is C19H17N3O6S3. The van der Waals surface area contributed by atoms with Crippen molar-refractivity contribution in [2.45, 2.75) is 11.8 Å². The summed E-state index contributed by atoms with van der Waals surface area (Å²) in [5, 5.41) is 11.0. The highest BCUT2D eigenvalue weighted by Crippen LogP contribution is 2.32. The molecule has 0 unspecified atom stereocenters. The molecule has 1 saturated heterocycles. The van der Waals surface area contributed by atoms with Gasteiger partial charge >= 0.3 is 10.1 Å². The fourth-order valence-corrected chi connectivity index (χ4v) is 5.23. The summed E-state index contributed by atoms with van der Waals surface area (Å²) in [6, 6.07) is 9.55. The van der Waals surface area contributed by atoms with Gasteiger partial charge in [0.1, 0.15) is 15.0 Å². The molecule has 0 saturated carbocycles. The molecule has 1 aliphatic rings. The van der Waals surface area contributed by atoms with Gasteiger partial charge in [-0.05, 0) is 36.3 Å². The summed E-state index contributed by atoms with van der Waals surface area (Å²) in [6.07, 6.45) is 1.64. The van der Waals surface area contributed by atoms with E-state index in [2.05, 4.69) is 0 Å². The van der Waals surface area contributed by atoms with Gasteiger partial charge in [0.05, 0.1) is 9.83 Å². The smallest absolute Gasteiger partial charge is 0.339 e. The molecule has 0 aromatic heterocycles. The van der Waals surface area contributed by atoms with Crippen molar-refractivity contribution in [2.24, 2.45) is 5.73 Å². The molecule has 2 aromatic carbocycles. The minimum atomic E-state index is -4.28. The average Bonchev–Trinajstić information content (AvgIpc) is 2.97. The molecule has 1 amide bonds. The maximum atomic E-state index is 12.6. The van der Waals surface area contributed by atoms with Crippen molar-refractivity contribution in [2.75, 3.05) is 13.1 Å². The normalized spacial score (nSPS) is 15.5. The van der Waals surface area contributed by atoms with Crippen LogP contribution in [0.25, 0.3) is 6.08 Å². The van der Waals surface area contributed by atoms with Crippen molar-refractivity contribution < 1.29 is 22.3 Å². The molecule has 1 fully saturated rings. The number of carbonyl (C=O) groups excluding carboxylic acids is 1. The third-order valence-electron chi connectivity index (χ3n) is 4.26. The van der Waals surface area contributed by atoms with Gasteiger partial charge in [0.25, 0.3) is 11.6 Å². The molecule has 0 atom stereocenters. The Balaban J connectivity index is 1.80. The van der Waals surface area contributed by atoms with Gasteiger partial charge in [0.15, 0.2) is 0 Å². The van der Waals surface area contributed by atoms with Gasteiger partial charge in [-0.2, -0.15) is 8.42 Å². The third-order valence-corrected chi connectivity index (χ3v) is 7.03. The number of rotatable bonds is 7. The molecule has 0 radical (unpaired) electrons. The van der Waals surface area contributed by atoms with Crippen LogP contribution in [0.15, 0.2) is 52.3 Å². The van der Waals surface area contributed by atoms with E-state index >= 15 is 0 Å². The van der Waals surface area contributed by atoms with E-state index in [1.54, 1.807) is 18.2 Å². The Hall–Kier alpha value is -2.80. The van der Waals surface area contributed by atoms with Gasteiger partial charge in [-0.1, -0.05) is 42.2 Å². The predicted octanol–water partition coefficient (Wildman–Crippen LogP) is 2.83. The van der Waals surface area contributed by atoms with Gasteiger partial charge in [0.2, 0.25) is 0 Å². The van der Waals surface area contributed by atoms with Gasteiger partial charge in [-0.25, -0.2) is 0 Å². The van der Waals surface area contributed by atoms with Crippen LogP contribution in [0.5, 0.6) is 5.75 Å². The number of nitrogens with zero attached hydrogens (tertiary/aromatic N) is 2. The topological polar surface area (TPSA) is 133 Å². The zero-order valence-corrected chi connectivity index (χ0v) is 18.6. The number of nitrogens with two attached hydrogens (primary N) is 1.